The van der Waals surface area contributed by atoms with Gasteiger partial charge in [0.2, 0.25) is 0 Å². The Morgan fingerprint density at radius 1 is 1.73 bits per heavy atom. The molecule has 0 aromatic carbocycles. The summed E-state index contributed by atoms with van der Waals surface area (Å²) in [7, 11) is 0. The molecule has 1 aliphatic rings. The second-order valence-corrected chi connectivity index (χ2v) is 4.54. The molecule has 0 aromatic rings. The third-order valence-corrected chi connectivity index (χ3v) is 3.59. The fourth-order valence-electron chi connectivity index (χ4n) is 1.34. The van der Waals surface area contributed by atoms with Crippen LogP contribution in [0.3, 0.4) is 0 Å². The SMILES string of the molecule is C/C(=C\C1CCCSC1)CCl. The smallest absolute Gasteiger partial charge is 0.0430 e. The van der Waals surface area contributed by atoms with Gasteiger partial charge in [-0.2, -0.15) is 11.8 Å². The van der Waals surface area contributed by atoms with E-state index in [9.17, 15) is 0 Å². The first-order valence-corrected chi connectivity index (χ1v) is 5.83. The maximum absolute atomic E-state index is 5.70. The van der Waals surface area contributed by atoms with Crippen molar-refractivity contribution in [3.05, 3.63) is 11.6 Å². The minimum absolute atomic E-state index is 0.696. The minimum Gasteiger partial charge on any atom is -0.161 e. The second kappa shape index (κ2) is 5.10. The molecule has 64 valence electrons. The van der Waals surface area contributed by atoms with Crippen LogP contribution in [0.1, 0.15) is 19.8 Å². The highest BCUT2D eigenvalue weighted by molar-refractivity contribution is 7.99. The van der Waals surface area contributed by atoms with Gasteiger partial charge >= 0.3 is 0 Å². The van der Waals surface area contributed by atoms with E-state index in [-0.39, 0.29) is 0 Å². The predicted octanol–water partition coefficient (Wildman–Crippen LogP) is 3.31. The summed E-state index contributed by atoms with van der Waals surface area (Å²) in [5.74, 6) is 4.15. The average Bonchev–Trinajstić information content (AvgIpc) is 2.06. The standard InChI is InChI=1S/C9H15ClS/c1-8(6-10)5-9-3-2-4-11-7-9/h5,9H,2-4,6-7H2,1H3/b8-5+. The fraction of sp³-hybridized carbons (Fsp3) is 0.778. The molecule has 0 spiro atoms. The summed E-state index contributed by atoms with van der Waals surface area (Å²) in [5.41, 5.74) is 1.33. The zero-order chi connectivity index (χ0) is 8.10. The maximum atomic E-state index is 5.70. The third kappa shape index (κ3) is 3.53. The summed E-state index contributed by atoms with van der Waals surface area (Å²) in [6.45, 7) is 2.12. The Kier molecular flexibility index (Phi) is 4.39. The largest absolute Gasteiger partial charge is 0.161 e. The third-order valence-electron chi connectivity index (χ3n) is 1.93. The Bertz CT molecular complexity index is 136. The molecule has 0 N–H and O–H groups in total. The first kappa shape index (κ1) is 9.47. The summed E-state index contributed by atoms with van der Waals surface area (Å²) in [4.78, 5) is 0. The van der Waals surface area contributed by atoms with E-state index in [0.29, 0.717) is 5.88 Å². The van der Waals surface area contributed by atoms with Gasteiger partial charge in [0.05, 0.1) is 0 Å². The van der Waals surface area contributed by atoms with Crippen LogP contribution in [0, 0.1) is 5.92 Å². The Balaban J connectivity index is 2.34. The summed E-state index contributed by atoms with van der Waals surface area (Å²) in [6.07, 6.45) is 5.09. The Morgan fingerprint density at radius 3 is 3.09 bits per heavy atom. The van der Waals surface area contributed by atoms with Crippen LogP contribution in [-0.2, 0) is 0 Å². The summed E-state index contributed by atoms with van der Waals surface area (Å²) >= 11 is 7.76. The van der Waals surface area contributed by atoms with Crippen LogP contribution in [0.15, 0.2) is 11.6 Å². The molecule has 1 rings (SSSR count). The van der Waals surface area contributed by atoms with E-state index in [1.165, 1.54) is 29.9 Å². The topological polar surface area (TPSA) is 0 Å². The van der Waals surface area contributed by atoms with Crippen molar-refractivity contribution < 1.29 is 0 Å². The van der Waals surface area contributed by atoms with Crippen LogP contribution in [0.5, 0.6) is 0 Å². The maximum Gasteiger partial charge on any atom is 0.0430 e. The highest BCUT2D eigenvalue weighted by Gasteiger charge is 2.10. The van der Waals surface area contributed by atoms with E-state index in [2.05, 4.69) is 24.8 Å². The second-order valence-electron chi connectivity index (χ2n) is 3.12. The molecule has 0 aliphatic carbocycles. The van der Waals surface area contributed by atoms with E-state index in [1.807, 2.05) is 0 Å². The van der Waals surface area contributed by atoms with Crippen molar-refractivity contribution >= 4 is 23.4 Å². The van der Waals surface area contributed by atoms with Crippen molar-refractivity contribution in [3.8, 4) is 0 Å². The molecule has 1 fully saturated rings. The minimum atomic E-state index is 0.696. The van der Waals surface area contributed by atoms with Crippen molar-refractivity contribution in [2.24, 2.45) is 5.92 Å². The van der Waals surface area contributed by atoms with Crippen LogP contribution in [0.25, 0.3) is 0 Å². The van der Waals surface area contributed by atoms with Gasteiger partial charge in [0.1, 0.15) is 0 Å². The molecule has 0 saturated carbocycles. The normalized spacial score (nSPS) is 27.1. The van der Waals surface area contributed by atoms with Gasteiger partial charge in [-0.3, -0.25) is 0 Å². The number of hydrogen-bond acceptors (Lipinski definition) is 1. The van der Waals surface area contributed by atoms with Crippen molar-refractivity contribution in [2.75, 3.05) is 17.4 Å². The van der Waals surface area contributed by atoms with Crippen LogP contribution in [0.2, 0.25) is 0 Å². The van der Waals surface area contributed by atoms with E-state index in [4.69, 9.17) is 11.6 Å². The molecule has 0 amide bonds. The molecular formula is C9H15ClS. The van der Waals surface area contributed by atoms with Gasteiger partial charge in [0.25, 0.3) is 0 Å². The van der Waals surface area contributed by atoms with Crippen molar-refractivity contribution in [3.63, 3.8) is 0 Å². The fourth-order valence-corrected chi connectivity index (χ4v) is 2.54. The van der Waals surface area contributed by atoms with Gasteiger partial charge in [0, 0.05) is 5.88 Å². The Labute approximate surface area is 78.4 Å². The first-order valence-electron chi connectivity index (χ1n) is 4.14. The number of alkyl halides is 1. The lowest BCUT2D eigenvalue weighted by Gasteiger charge is -2.18. The molecule has 1 atom stereocenters. The zero-order valence-corrected chi connectivity index (χ0v) is 8.55. The highest BCUT2D eigenvalue weighted by atomic mass is 35.5. The lowest BCUT2D eigenvalue weighted by Crippen LogP contribution is -2.08. The predicted molar refractivity (Wildman–Crippen MR) is 54.5 cm³/mol. The molecule has 1 unspecified atom stereocenters. The number of thioether (sulfide) groups is 1. The molecule has 0 aromatic heterocycles. The summed E-state index contributed by atoms with van der Waals surface area (Å²) < 4.78 is 0. The van der Waals surface area contributed by atoms with E-state index in [1.54, 1.807) is 0 Å². The quantitative estimate of drug-likeness (QED) is 0.476. The lowest BCUT2D eigenvalue weighted by molar-refractivity contribution is 0.626. The van der Waals surface area contributed by atoms with Gasteiger partial charge in [-0.1, -0.05) is 11.6 Å². The van der Waals surface area contributed by atoms with E-state index >= 15 is 0 Å². The Hall–Kier alpha value is 0.380. The first-order chi connectivity index (χ1) is 5.33. The van der Waals surface area contributed by atoms with Crippen molar-refractivity contribution in [2.45, 2.75) is 19.8 Å². The molecular weight excluding hydrogens is 176 g/mol. The lowest BCUT2D eigenvalue weighted by atomic mass is 10.0. The Morgan fingerprint density at radius 2 is 2.55 bits per heavy atom. The van der Waals surface area contributed by atoms with E-state index in [0.717, 1.165) is 5.92 Å². The average molecular weight is 191 g/mol. The van der Waals surface area contributed by atoms with Gasteiger partial charge < -0.3 is 0 Å². The van der Waals surface area contributed by atoms with E-state index < -0.39 is 0 Å². The number of allylic oxidation sites excluding steroid dienone is 2. The number of rotatable bonds is 2. The zero-order valence-electron chi connectivity index (χ0n) is 6.98. The van der Waals surface area contributed by atoms with Crippen LogP contribution in [0.4, 0.5) is 0 Å². The van der Waals surface area contributed by atoms with Gasteiger partial charge in [-0.25, -0.2) is 0 Å². The molecule has 0 radical (unpaired) electrons. The molecule has 1 heterocycles. The molecule has 0 nitrogen and oxygen atoms in total. The van der Waals surface area contributed by atoms with Gasteiger partial charge in [0.15, 0.2) is 0 Å². The molecule has 11 heavy (non-hydrogen) atoms. The number of halogens is 1. The van der Waals surface area contributed by atoms with Crippen molar-refractivity contribution in [1.29, 1.82) is 0 Å². The van der Waals surface area contributed by atoms with Gasteiger partial charge in [-0.05, 0) is 37.2 Å². The summed E-state index contributed by atoms with van der Waals surface area (Å²) in [5, 5.41) is 0. The molecule has 0 bridgehead atoms. The molecule has 2 heteroatoms. The monoisotopic (exact) mass is 190 g/mol. The highest BCUT2D eigenvalue weighted by Crippen LogP contribution is 2.24. The summed E-state index contributed by atoms with van der Waals surface area (Å²) in [6, 6.07) is 0. The van der Waals surface area contributed by atoms with Crippen molar-refractivity contribution in [1.82, 2.24) is 0 Å². The van der Waals surface area contributed by atoms with Gasteiger partial charge in [-0.15, -0.1) is 11.6 Å². The molecule has 1 aliphatic heterocycles. The molecule has 1 saturated heterocycles. The van der Waals surface area contributed by atoms with Crippen LogP contribution in [-0.4, -0.2) is 17.4 Å². The number of hydrogen-bond donors (Lipinski definition) is 0. The van der Waals surface area contributed by atoms with Crippen LogP contribution >= 0.6 is 23.4 Å². The van der Waals surface area contributed by atoms with Crippen LogP contribution < -0.4 is 0 Å².